The largest absolute Gasteiger partial charge is 0.486 e. The van der Waals surface area contributed by atoms with Crippen LogP contribution in [-0.4, -0.2) is 65.8 Å². The molecule has 196 valence electrons. The lowest BCUT2D eigenvalue weighted by molar-refractivity contribution is -0.124. The number of halogens is 1. The van der Waals surface area contributed by atoms with E-state index in [-0.39, 0.29) is 34.4 Å². The molecule has 2 heterocycles. The molecule has 1 aliphatic rings. The summed E-state index contributed by atoms with van der Waals surface area (Å²) in [5, 5.41) is 12.2. The molecule has 4 N–H and O–H groups in total. The van der Waals surface area contributed by atoms with Crippen molar-refractivity contribution in [3.63, 3.8) is 0 Å². The average Bonchev–Trinajstić information content (AvgIpc) is 2.88. The van der Waals surface area contributed by atoms with E-state index in [0.29, 0.717) is 22.8 Å². The number of rotatable bonds is 10. The molecule has 0 spiro atoms. The van der Waals surface area contributed by atoms with Gasteiger partial charge < -0.3 is 30.9 Å². The first-order valence-corrected chi connectivity index (χ1v) is 12.0. The third-order valence-corrected chi connectivity index (χ3v) is 5.76. The lowest BCUT2D eigenvalue weighted by atomic mass is 10.1. The van der Waals surface area contributed by atoms with Crippen molar-refractivity contribution in [1.82, 2.24) is 20.2 Å². The fourth-order valence-corrected chi connectivity index (χ4v) is 3.54. The second-order valence-electron chi connectivity index (χ2n) is 8.52. The second-order valence-corrected chi connectivity index (χ2v) is 8.92. The smallest absolute Gasteiger partial charge is 0.294 e. The number of amides is 2. The van der Waals surface area contributed by atoms with Gasteiger partial charge in [-0.3, -0.25) is 14.4 Å². The molecule has 38 heavy (non-hydrogen) atoms. The normalized spacial score (nSPS) is 12.6. The van der Waals surface area contributed by atoms with Gasteiger partial charge in [-0.1, -0.05) is 30.3 Å². The molecular formula is C26H26ClN7O4. The number of para-hydroxylation sites is 1. The number of carbonyl (C=O) groups excluding carboxylic acids is 3. The molecule has 0 atom stereocenters. The number of Topliss-reactive ketones (excluding diaryl/α,β-unsaturated/α-hetero) is 1. The molecule has 2 amide bonds. The maximum absolute atomic E-state index is 12.7. The topological polar surface area (TPSA) is 138 Å². The van der Waals surface area contributed by atoms with E-state index in [1.807, 2.05) is 0 Å². The molecule has 1 aromatic heterocycles. The third-order valence-electron chi connectivity index (χ3n) is 5.49. The van der Waals surface area contributed by atoms with Crippen LogP contribution in [0.3, 0.4) is 0 Å². The second kappa shape index (κ2) is 11.7. The van der Waals surface area contributed by atoms with Crippen LogP contribution < -0.4 is 26.0 Å². The summed E-state index contributed by atoms with van der Waals surface area (Å²) in [6.45, 7) is 4.94. The number of hydrogen-bond acceptors (Lipinski definition) is 9. The van der Waals surface area contributed by atoms with Crippen molar-refractivity contribution in [1.29, 1.82) is 0 Å². The minimum atomic E-state index is -0.671. The Morgan fingerprint density at radius 2 is 1.89 bits per heavy atom. The van der Waals surface area contributed by atoms with Gasteiger partial charge >= 0.3 is 0 Å². The van der Waals surface area contributed by atoms with E-state index in [2.05, 4.69) is 37.8 Å². The molecular weight excluding hydrogens is 510 g/mol. The number of benzene rings is 2. The molecule has 0 bridgehead atoms. The zero-order chi connectivity index (χ0) is 27.2. The summed E-state index contributed by atoms with van der Waals surface area (Å²) in [5.74, 6) is -0.771. The molecule has 4 rings (SSSR count). The molecule has 2 aromatic carbocycles. The Morgan fingerprint density at radius 3 is 2.58 bits per heavy atom. The number of ether oxygens (including phenoxy) is 1. The van der Waals surface area contributed by atoms with Crippen molar-refractivity contribution >= 4 is 58.0 Å². The minimum Gasteiger partial charge on any atom is -0.486 e. The molecule has 1 saturated heterocycles. The summed E-state index contributed by atoms with van der Waals surface area (Å²) in [7, 11) is 3.01. The number of aromatic nitrogens is 2. The van der Waals surface area contributed by atoms with E-state index in [1.54, 1.807) is 42.5 Å². The zero-order valence-electron chi connectivity index (χ0n) is 20.7. The van der Waals surface area contributed by atoms with Crippen LogP contribution in [0, 0.1) is 0 Å². The number of nitrogens with one attached hydrogen (secondary N) is 4. The monoisotopic (exact) mass is 535 g/mol. The Kier molecular flexibility index (Phi) is 8.19. The third kappa shape index (κ3) is 6.25. The Bertz CT molecular complexity index is 1390. The first-order valence-electron chi connectivity index (χ1n) is 11.6. The van der Waals surface area contributed by atoms with Gasteiger partial charge in [0, 0.05) is 32.9 Å². The molecule has 0 aliphatic carbocycles. The molecule has 12 heteroatoms. The molecule has 0 saturated carbocycles. The molecule has 1 aliphatic heterocycles. The number of ketones is 1. The van der Waals surface area contributed by atoms with E-state index >= 15 is 0 Å². The fraction of sp³-hybridized carbons (Fsp3) is 0.192. The standard InChI is InChI=1S/C26H26ClN7O4/c1-4-22(35)31-20-11-15(9-10-21(20)38-16-12-28-13-16)30-26-29-14-18(27)24(33-26)32-19-8-6-5-7-17(19)23(36)25(37)34(2)3/h4-11,14,16,28H,1,12-13H2,2-3H3,(H,31,35)(H2,29,30,32,33). The lowest BCUT2D eigenvalue weighted by Crippen LogP contribution is -2.50. The average molecular weight is 536 g/mol. The quantitative estimate of drug-likeness (QED) is 0.175. The number of anilines is 5. The van der Waals surface area contributed by atoms with Crippen LogP contribution in [-0.2, 0) is 9.59 Å². The highest BCUT2D eigenvalue weighted by molar-refractivity contribution is 6.43. The highest BCUT2D eigenvalue weighted by Gasteiger charge is 2.22. The zero-order valence-corrected chi connectivity index (χ0v) is 21.5. The predicted octanol–water partition coefficient (Wildman–Crippen LogP) is 3.36. The highest BCUT2D eigenvalue weighted by atomic mass is 35.5. The Hall–Kier alpha value is -4.48. The van der Waals surface area contributed by atoms with Crippen molar-refractivity contribution in [2.24, 2.45) is 0 Å². The summed E-state index contributed by atoms with van der Waals surface area (Å²) in [6.07, 6.45) is 2.59. The van der Waals surface area contributed by atoms with Crippen molar-refractivity contribution < 1.29 is 19.1 Å². The van der Waals surface area contributed by atoms with Crippen LogP contribution in [0.2, 0.25) is 5.02 Å². The van der Waals surface area contributed by atoms with E-state index in [1.165, 1.54) is 31.3 Å². The van der Waals surface area contributed by atoms with Crippen molar-refractivity contribution in [2.45, 2.75) is 6.10 Å². The van der Waals surface area contributed by atoms with E-state index in [0.717, 1.165) is 13.1 Å². The summed E-state index contributed by atoms with van der Waals surface area (Å²) in [5.41, 5.74) is 1.57. The van der Waals surface area contributed by atoms with Gasteiger partial charge in [0.1, 0.15) is 16.9 Å². The Balaban J connectivity index is 1.57. The Labute approximate surface area is 224 Å². The van der Waals surface area contributed by atoms with Crippen LogP contribution >= 0.6 is 11.6 Å². The maximum atomic E-state index is 12.7. The van der Waals surface area contributed by atoms with Crippen LogP contribution in [0.5, 0.6) is 5.75 Å². The van der Waals surface area contributed by atoms with Gasteiger partial charge in [0.05, 0.1) is 23.1 Å². The molecule has 0 unspecified atom stereocenters. The van der Waals surface area contributed by atoms with Gasteiger partial charge in [-0.2, -0.15) is 4.98 Å². The number of carbonyl (C=O) groups is 3. The minimum absolute atomic E-state index is 0.0178. The van der Waals surface area contributed by atoms with Crippen LogP contribution in [0.25, 0.3) is 0 Å². The maximum Gasteiger partial charge on any atom is 0.294 e. The number of nitrogens with zero attached hydrogens (tertiary/aromatic N) is 3. The molecule has 0 radical (unpaired) electrons. The Morgan fingerprint density at radius 1 is 1.13 bits per heavy atom. The first kappa shape index (κ1) is 26.6. The van der Waals surface area contributed by atoms with E-state index < -0.39 is 11.7 Å². The number of likely N-dealkylation sites (N-methyl/N-ethyl adjacent to an activating group) is 1. The lowest BCUT2D eigenvalue weighted by Gasteiger charge is -2.28. The van der Waals surface area contributed by atoms with Gasteiger partial charge in [-0.25, -0.2) is 4.98 Å². The van der Waals surface area contributed by atoms with Gasteiger partial charge in [0.15, 0.2) is 5.82 Å². The van der Waals surface area contributed by atoms with Crippen LogP contribution in [0.1, 0.15) is 10.4 Å². The van der Waals surface area contributed by atoms with E-state index in [4.69, 9.17) is 16.3 Å². The van der Waals surface area contributed by atoms with Gasteiger partial charge in [0.25, 0.3) is 11.7 Å². The first-order chi connectivity index (χ1) is 18.2. The summed E-state index contributed by atoms with van der Waals surface area (Å²) in [6, 6.07) is 11.8. The molecule has 1 fully saturated rings. The van der Waals surface area contributed by atoms with Gasteiger partial charge in [-0.05, 0) is 36.4 Å². The summed E-state index contributed by atoms with van der Waals surface area (Å²) in [4.78, 5) is 46.7. The SMILES string of the molecule is C=CC(=O)Nc1cc(Nc2ncc(Cl)c(Nc3ccccc3C(=O)C(=O)N(C)C)n2)ccc1OC1CNC1. The highest BCUT2D eigenvalue weighted by Crippen LogP contribution is 2.32. The van der Waals surface area contributed by atoms with Crippen molar-refractivity contribution in [3.8, 4) is 5.75 Å². The van der Waals surface area contributed by atoms with Crippen LogP contribution in [0.4, 0.5) is 28.8 Å². The van der Waals surface area contributed by atoms with Crippen LogP contribution in [0.15, 0.2) is 61.3 Å². The molecule has 3 aromatic rings. The van der Waals surface area contributed by atoms with Crippen molar-refractivity contribution in [2.75, 3.05) is 43.1 Å². The summed E-state index contributed by atoms with van der Waals surface area (Å²) < 4.78 is 5.94. The van der Waals surface area contributed by atoms with Gasteiger partial charge in [0.2, 0.25) is 11.9 Å². The van der Waals surface area contributed by atoms with E-state index in [9.17, 15) is 14.4 Å². The number of hydrogen-bond donors (Lipinski definition) is 4. The fourth-order valence-electron chi connectivity index (χ4n) is 3.40. The van der Waals surface area contributed by atoms with Gasteiger partial charge in [-0.15, -0.1) is 0 Å². The summed E-state index contributed by atoms with van der Waals surface area (Å²) >= 11 is 6.33. The predicted molar refractivity (Wildman–Crippen MR) is 146 cm³/mol. The molecule has 11 nitrogen and oxygen atoms in total. The van der Waals surface area contributed by atoms with Crippen molar-refractivity contribution in [3.05, 3.63) is 71.9 Å².